The fraction of sp³-hybridized carbons (Fsp3) is 0.750. The van der Waals surface area contributed by atoms with Gasteiger partial charge in [0.25, 0.3) is 0 Å². The maximum absolute atomic E-state index is 4.79. The minimum absolute atomic E-state index is 1.06. The standard InChI is InChI=1S/C8H17NO/c1-4-6-8(7-5-2)9-10-3/h6,9H,4-5,7H2,1-3H3. The van der Waals surface area contributed by atoms with E-state index in [4.69, 9.17) is 4.84 Å². The van der Waals surface area contributed by atoms with Crippen LogP contribution in [0.1, 0.15) is 33.1 Å². The Kier molecular flexibility index (Phi) is 6.29. The summed E-state index contributed by atoms with van der Waals surface area (Å²) in [5.41, 5.74) is 4.03. The molecule has 2 nitrogen and oxygen atoms in total. The van der Waals surface area contributed by atoms with Crippen molar-refractivity contribution in [2.75, 3.05) is 7.11 Å². The second-order valence-corrected chi connectivity index (χ2v) is 2.19. The van der Waals surface area contributed by atoms with Gasteiger partial charge in [-0.15, -0.1) is 0 Å². The molecule has 60 valence electrons. The summed E-state index contributed by atoms with van der Waals surface area (Å²) < 4.78 is 0. The van der Waals surface area contributed by atoms with E-state index in [1.807, 2.05) is 0 Å². The van der Waals surface area contributed by atoms with Crippen LogP contribution in [0.15, 0.2) is 11.8 Å². The number of nitrogens with one attached hydrogen (secondary N) is 1. The fourth-order valence-corrected chi connectivity index (χ4v) is 0.842. The summed E-state index contributed by atoms with van der Waals surface area (Å²) in [6.07, 6.45) is 5.43. The van der Waals surface area contributed by atoms with Crippen LogP contribution < -0.4 is 5.48 Å². The summed E-state index contributed by atoms with van der Waals surface area (Å²) in [5, 5.41) is 0. The first-order chi connectivity index (χ1) is 4.85. The van der Waals surface area contributed by atoms with Crippen molar-refractivity contribution in [3.05, 3.63) is 11.8 Å². The molecular weight excluding hydrogens is 126 g/mol. The van der Waals surface area contributed by atoms with Crippen LogP contribution in [0.2, 0.25) is 0 Å². The lowest BCUT2D eigenvalue weighted by Gasteiger charge is -2.05. The van der Waals surface area contributed by atoms with E-state index >= 15 is 0 Å². The molecule has 0 amide bonds. The molecule has 0 fully saturated rings. The van der Waals surface area contributed by atoms with E-state index in [0.29, 0.717) is 0 Å². The van der Waals surface area contributed by atoms with E-state index < -0.39 is 0 Å². The van der Waals surface area contributed by atoms with Crippen LogP contribution in [0.25, 0.3) is 0 Å². The molecule has 0 aromatic rings. The number of allylic oxidation sites excluding steroid dienone is 2. The van der Waals surface area contributed by atoms with Gasteiger partial charge in [0, 0.05) is 5.70 Å². The molecule has 0 saturated carbocycles. The molecule has 0 aliphatic carbocycles. The van der Waals surface area contributed by atoms with Crippen LogP contribution >= 0.6 is 0 Å². The zero-order valence-electron chi connectivity index (χ0n) is 7.11. The van der Waals surface area contributed by atoms with Crippen LogP contribution in [0, 0.1) is 0 Å². The molecule has 0 spiro atoms. The maximum atomic E-state index is 4.79. The van der Waals surface area contributed by atoms with Crippen LogP contribution in [0.5, 0.6) is 0 Å². The van der Waals surface area contributed by atoms with Crippen LogP contribution in [0.3, 0.4) is 0 Å². The van der Waals surface area contributed by atoms with Gasteiger partial charge in [0.05, 0.1) is 7.11 Å². The molecule has 2 heteroatoms. The van der Waals surface area contributed by atoms with E-state index in [1.54, 1.807) is 7.11 Å². The molecular formula is C8H17NO. The van der Waals surface area contributed by atoms with Crippen molar-refractivity contribution in [2.24, 2.45) is 0 Å². The number of hydrogen-bond acceptors (Lipinski definition) is 2. The van der Waals surface area contributed by atoms with Crippen molar-refractivity contribution in [3.63, 3.8) is 0 Å². The zero-order valence-corrected chi connectivity index (χ0v) is 7.11. The van der Waals surface area contributed by atoms with Gasteiger partial charge in [0.1, 0.15) is 0 Å². The van der Waals surface area contributed by atoms with E-state index in [-0.39, 0.29) is 0 Å². The molecule has 10 heavy (non-hydrogen) atoms. The lowest BCUT2D eigenvalue weighted by atomic mass is 10.2. The molecule has 0 rings (SSSR count). The smallest absolute Gasteiger partial charge is 0.0636 e. The molecule has 0 saturated heterocycles. The van der Waals surface area contributed by atoms with Gasteiger partial charge in [0.15, 0.2) is 0 Å². The topological polar surface area (TPSA) is 21.3 Å². The second-order valence-electron chi connectivity index (χ2n) is 2.19. The highest BCUT2D eigenvalue weighted by molar-refractivity contribution is 4.96. The largest absolute Gasteiger partial charge is 0.280 e. The SMILES string of the molecule is CCC=C(CCC)NOC. The zero-order chi connectivity index (χ0) is 7.82. The average Bonchev–Trinajstić information content (AvgIpc) is 1.90. The highest BCUT2D eigenvalue weighted by Crippen LogP contribution is 2.01. The molecule has 0 aliphatic heterocycles. The summed E-state index contributed by atoms with van der Waals surface area (Å²) in [5.74, 6) is 0. The molecule has 0 atom stereocenters. The summed E-state index contributed by atoms with van der Waals surface area (Å²) in [6, 6.07) is 0. The second kappa shape index (κ2) is 6.62. The molecule has 0 unspecified atom stereocenters. The van der Waals surface area contributed by atoms with Gasteiger partial charge in [-0.25, -0.2) is 0 Å². The van der Waals surface area contributed by atoms with Crippen molar-refractivity contribution in [1.82, 2.24) is 5.48 Å². The Labute approximate surface area is 63.2 Å². The van der Waals surface area contributed by atoms with Crippen molar-refractivity contribution >= 4 is 0 Å². The van der Waals surface area contributed by atoms with Gasteiger partial charge in [-0.05, 0) is 12.8 Å². The van der Waals surface area contributed by atoms with Gasteiger partial charge in [-0.1, -0.05) is 26.3 Å². The van der Waals surface area contributed by atoms with Gasteiger partial charge in [-0.3, -0.25) is 10.3 Å². The predicted molar refractivity (Wildman–Crippen MR) is 43.4 cm³/mol. The maximum Gasteiger partial charge on any atom is 0.0636 e. The van der Waals surface area contributed by atoms with Crippen LogP contribution in [-0.4, -0.2) is 7.11 Å². The normalized spacial score (nSPS) is 11.7. The Morgan fingerprint density at radius 2 is 2.20 bits per heavy atom. The average molecular weight is 143 g/mol. The fourth-order valence-electron chi connectivity index (χ4n) is 0.842. The lowest BCUT2D eigenvalue weighted by Crippen LogP contribution is -2.10. The minimum atomic E-state index is 1.06. The Morgan fingerprint density at radius 3 is 2.60 bits per heavy atom. The van der Waals surface area contributed by atoms with Crippen molar-refractivity contribution in [1.29, 1.82) is 0 Å². The number of rotatable bonds is 5. The van der Waals surface area contributed by atoms with Crippen LogP contribution in [0.4, 0.5) is 0 Å². The van der Waals surface area contributed by atoms with E-state index in [1.165, 1.54) is 5.70 Å². The lowest BCUT2D eigenvalue weighted by molar-refractivity contribution is 0.114. The third-order valence-corrected chi connectivity index (χ3v) is 1.20. The highest BCUT2D eigenvalue weighted by Gasteiger charge is 1.90. The van der Waals surface area contributed by atoms with Gasteiger partial charge < -0.3 is 0 Å². The molecule has 0 aromatic heterocycles. The minimum Gasteiger partial charge on any atom is -0.280 e. The first kappa shape index (κ1) is 9.50. The Hall–Kier alpha value is -0.500. The van der Waals surface area contributed by atoms with Crippen molar-refractivity contribution in [3.8, 4) is 0 Å². The molecule has 0 radical (unpaired) electrons. The Balaban J connectivity index is 3.60. The predicted octanol–water partition coefficient (Wildman–Crippen LogP) is 2.23. The first-order valence-electron chi connectivity index (χ1n) is 3.83. The third kappa shape index (κ3) is 4.39. The third-order valence-electron chi connectivity index (χ3n) is 1.20. The van der Waals surface area contributed by atoms with Gasteiger partial charge in [-0.2, -0.15) is 0 Å². The highest BCUT2D eigenvalue weighted by atomic mass is 16.6. The first-order valence-corrected chi connectivity index (χ1v) is 3.83. The van der Waals surface area contributed by atoms with Crippen molar-refractivity contribution in [2.45, 2.75) is 33.1 Å². The summed E-state index contributed by atoms with van der Waals surface area (Å²) in [4.78, 5) is 4.79. The van der Waals surface area contributed by atoms with Crippen LogP contribution in [-0.2, 0) is 4.84 Å². The van der Waals surface area contributed by atoms with Gasteiger partial charge >= 0.3 is 0 Å². The van der Waals surface area contributed by atoms with Crippen molar-refractivity contribution < 1.29 is 4.84 Å². The van der Waals surface area contributed by atoms with E-state index in [9.17, 15) is 0 Å². The van der Waals surface area contributed by atoms with E-state index in [2.05, 4.69) is 25.4 Å². The molecule has 0 aromatic carbocycles. The quantitative estimate of drug-likeness (QED) is 0.596. The Bertz CT molecular complexity index is 91.4. The summed E-state index contributed by atoms with van der Waals surface area (Å²) >= 11 is 0. The molecule has 0 heterocycles. The monoisotopic (exact) mass is 143 g/mol. The number of hydroxylamine groups is 1. The molecule has 1 N–H and O–H groups in total. The summed E-state index contributed by atoms with van der Waals surface area (Å²) in [6.45, 7) is 4.27. The number of hydrogen-bond donors (Lipinski definition) is 1. The summed E-state index contributed by atoms with van der Waals surface area (Å²) in [7, 11) is 1.64. The van der Waals surface area contributed by atoms with E-state index in [0.717, 1.165) is 19.3 Å². The van der Waals surface area contributed by atoms with Gasteiger partial charge in [0.2, 0.25) is 0 Å². The molecule has 0 aliphatic rings. The Morgan fingerprint density at radius 1 is 1.50 bits per heavy atom. The molecule has 0 bridgehead atoms.